The molecule has 6 heteroatoms. The van der Waals surface area contributed by atoms with Gasteiger partial charge in [-0.05, 0) is 29.7 Å². The highest BCUT2D eigenvalue weighted by Crippen LogP contribution is 2.40. The van der Waals surface area contributed by atoms with Gasteiger partial charge in [0.25, 0.3) is 0 Å². The number of anilines is 2. The topological polar surface area (TPSA) is 58.4 Å². The molecule has 0 aliphatic carbocycles. The van der Waals surface area contributed by atoms with Crippen molar-refractivity contribution in [3.63, 3.8) is 0 Å². The molecule has 1 amide bonds. The first kappa shape index (κ1) is 15.0. The zero-order valence-corrected chi connectivity index (χ0v) is 14.1. The lowest BCUT2D eigenvalue weighted by Crippen LogP contribution is -2.29. The molecule has 0 spiro atoms. The van der Waals surface area contributed by atoms with E-state index in [2.05, 4.69) is 39.5 Å². The van der Waals surface area contributed by atoms with E-state index in [0.717, 1.165) is 36.0 Å². The zero-order chi connectivity index (χ0) is 16.5. The molecule has 5 nitrogen and oxygen atoms in total. The quantitative estimate of drug-likeness (QED) is 0.785. The second-order valence-corrected chi connectivity index (χ2v) is 6.75. The van der Waals surface area contributed by atoms with Gasteiger partial charge in [0.1, 0.15) is 10.7 Å². The highest BCUT2D eigenvalue weighted by Gasteiger charge is 2.24. The Morgan fingerprint density at radius 3 is 2.83 bits per heavy atom. The van der Waals surface area contributed by atoms with Crippen molar-refractivity contribution in [2.24, 2.45) is 0 Å². The number of hydrogen-bond acceptors (Lipinski definition) is 5. The zero-order valence-electron chi connectivity index (χ0n) is 13.3. The minimum Gasteiger partial charge on any atom is -0.463 e. The number of thiazole rings is 1. The van der Waals surface area contributed by atoms with E-state index in [9.17, 15) is 4.79 Å². The third kappa shape index (κ3) is 2.80. The van der Waals surface area contributed by atoms with E-state index in [-0.39, 0.29) is 5.91 Å². The van der Waals surface area contributed by atoms with E-state index >= 15 is 0 Å². The van der Waals surface area contributed by atoms with E-state index in [1.165, 1.54) is 29.4 Å². The third-order valence-electron chi connectivity index (χ3n) is 4.06. The molecular weight excluding hydrogens is 322 g/mol. The van der Waals surface area contributed by atoms with Gasteiger partial charge in [-0.2, -0.15) is 0 Å². The SMILES string of the molecule is CC(=O)Nc1nc(-c2ccco2)c(N2CCc3ccccc3C2)s1. The summed E-state index contributed by atoms with van der Waals surface area (Å²) in [5.41, 5.74) is 3.52. The van der Waals surface area contributed by atoms with Crippen LogP contribution < -0.4 is 10.2 Å². The summed E-state index contributed by atoms with van der Waals surface area (Å²) in [7, 11) is 0. The van der Waals surface area contributed by atoms with Crippen LogP contribution in [0.3, 0.4) is 0 Å². The number of nitrogens with one attached hydrogen (secondary N) is 1. The smallest absolute Gasteiger partial charge is 0.223 e. The van der Waals surface area contributed by atoms with Gasteiger partial charge in [0.15, 0.2) is 10.9 Å². The molecule has 1 aromatic carbocycles. The normalized spacial score (nSPS) is 13.6. The maximum absolute atomic E-state index is 11.4. The molecule has 4 rings (SSSR count). The van der Waals surface area contributed by atoms with Crippen molar-refractivity contribution in [2.45, 2.75) is 19.9 Å². The molecule has 1 aliphatic rings. The van der Waals surface area contributed by atoms with Crippen LogP contribution in [0.1, 0.15) is 18.1 Å². The first-order valence-corrected chi connectivity index (χ1v) is 8.66. The fraction of sp³-hybridized carbons (Fsp3) is 0.222. The number of carbonyl (C=O) groups excluding carboxylic acids is 1. The van der Waals surface area contributed by atoms with Crippen molar-refractivity contribution in [2.75, 3.05) is 16.8 Å². The van der Waals surface area contributed by atoms with Crippen molar-refractivity contribution in [1.82, 2.24) is 4.98 Å². The second-order valence-electron chi connectivity index (χ2n) is 5.77. The molecule has 3 heterocycles. The molecule has 3 aromatic rings. The Labute approximate surface area is 143 Å². The molecule has 122 valence electrons. The minimum absolute atomic E-state index is 0.120. The third-order valence-corrected chi connectivity index (χ3v) is 5.10. The molecule has 0 radical (unpaired) electrons. The molecule has 1 aliphatic heterocycles. The van der Waals surface area contributed by atoms with Crippen molar-refractivity contribution in [3.8, 4) is 11.5 Å². The number of furan rings is 1. The Hall–Kier alpha value is -2.60. The second kappa shape index (κ2) is 6.13. The summed E-state index contributed by atoms with van der Waals surface area (Å²) in [4.78, 5) is 18.3. The first-order chi connectivity index (χ1) is 11.7. The number of fused-ring (bicyclic) bond motifs is 1. The summed E-state index contributed by atoms with van der Waals surface area (Å²) in [6.07, 6.45) is 2.64. The Balaban J connectivity index is 1.72. The van der Waals surface area contributed by atoms with E-state index < -0.39 is 0 Å². The lowest BCUT2D eigenvalue weighted by Gasteiger charge is -2.29. The molecule has 0 atom stereocenters. The van der Waals surface area contributed by atoms with Crippen LogP contribution in [0.2, 0.25) is 0 Å². The van der Waals surface area contributed by atoms with E-state index in [1.54, 1.807) is 6.26 Å². The van der Waals surface area contributed by atoms with Crippen LogP contribution in [0.5, 0.6) is 0 Å². The standard InChI is InChI=1S/C18H17N3O2S/c1-12(22)19-18-20-16(15-7-4-10-23-15)17(24-18)21-9-8-13-5-2-3-6-14(13)11-21/h2-7,10H,8-9,11H2,1H3,(H,19,20,22). The van der Waals surface area contributed by atoms with Crippen molar-refractivity contribution >= 4 is 27.4 Å². The van der Waals surface area contributed by atoms with Gasteiger partial charge in [0, 0.05) is 20.0 Å². The van der Waals surface area contributed by atoms with E-state index in [4.69, 9.17) is 4.42 Å². The highest BCUT2D eigenvalue weighted by atomic mass is 32.1. The largest absolute Gasteiger partial charge is 0.463 e. The number of hydrogen-bond donors (Lipinski definition) is 1. The minimum atomic E-state index is -0.120. The Kier molecular flexibility index (Phi) is 3.82. The van der Waals surface area contributed by atoms with Crippen LogP contribution >= 0.6 is 11.3 Å². The molecule has 0 saturated heterocycles. The predicted octanol–water partition coefficient (Wildman–Crippen LogP) is 3.92. The van der Waals surface area contributed by atoms with Crippen molar-refractivity contribution in [3.05, 3.63) is 53.8 Å². The molecule has 1 N–H and O–H groups in total. The Morgan fingerprint density at radius 1 is 1.25 bits per heavy atom. The molecule has 0 saturated carbocycles. The maximum Gasteiger partial charge on any atom is 0.223 e. The Bertz CT molecular complexity index is 870. The number of nitrogens with zero attached hydrogens (tertiary/aromatic N) is 2. The number of carbonyl (C=O) groups is 1. The van der Waals surface area contributed by atoms with Gasteiger partial charge in [0.2, 0.25) is 5.91 Å². The Morgan fingerprint density at radius 2 is 2.08 bits per heavy atom. The van der Waals surface area contributed by atoms with Gasteiger partial charge < -0.3 is 14.6 Å². The van der Waals surface area contributed by atoms with Gasteiger partial charge in [-0.15, -0.1) is 0 Å². The van der Waals surface area contributed by atoms with Gasteiger partial charge in [-0.3, -0.25) is 4.79 Å². The maximum atomic E-state index is 11.4. The molecule has 2 aromatic heterocycles. The van der Waals surface area contributed by atoms with Crippen molar-refractivity contribution < 1.29 is 9.21 Å². The summed E-state index contributed by atoms with van der Waals surface area (Å²) in [6, 6.07) is 12.3. The van der Waals surface area contributed by atoms with Crippen molar-refractivity contribution in [1.29, 1.82) is 0 Å². The van der Waals surface area contributed by atoms with Gasteiger partial charge in [-0.25, -0.2) is 4.98 Å². The van der Waals surface area contributed by atoms with Gasteiger partial charge >= 0.3 is 0 Å². The van der Waals surface area contributed by atoms with E-state index in [1.807, 2.05) is 12.1 Å². The number of rotatable bonds is 3. The lowest BCUT2D eigenvalue weighted by molar-refractivity contribution is -0.114. The molecular formula is C18H17N3O2S. The molecule has 24 heavy (non-hydrogen) atoms. The summed E-state index contributed by atoms with van der Waals surface area (Å²) < 4.78 is 5.54. The van der Waals surface area contributed by atoms with E-state index in [0.29, 0.717) is 5.13 Å². The van der Waals surface area contributed by atoms with Crippen LogP contribution in [-0.2, 0) is 17.8 Å². The van der Waals surface area contributed by atoms with Gasteiger partial charge in [0.05, 0.1) is 6.26 Å². The van der Waals surface area contributed by atoms with Crippen LogP contribution in [0, 0.1) is 0 Å². The first-order valence-electron chi connectivity index (χ1n) is 7.85. The molecule has 0 fully saturated rings. The summed E-state index contributed by atoms with van der Waals surface area (Å²) in [6.45, 7) is 3.25. The van der Waals surface area contributed by atoms with Crippen LogP contribution in [-0.4, -0.2) is 17.4 Å². The summed E-state index contributed by atoms with van der Waals surface area (Å²) in [5, 5.41) is 4.42. The summed E-state index contributed by atoms with van der Waals surface area (Å²) in [5.74, 6) is 0.599. The number of aromatic nitrogens is 1. The molecule has 0 unspecified atom stereocenters. The predicted molar refractivity (Wildman–Crippen MR) is 95.3 cm³/mol. The highest BCUT2D eigenvalue weighted by molar-refractivity contribution is 7.20. The summed E-state index contributed by atoms with van der Waals surface area (Å²) >= 11 is 1.49. The number of benzene rings is 1. The van der Waals surface area contributed by atoms with Gasteiger partial charge in [-0.1, -0.05) is 35.6 Å². The molecule has 0 bridgehead atoms. The fourth-order valence-electron chi connectivity index (χ4n) is 2.97. The monoisotopic (exact) mass is 339 g/mol. The fourth-order valence-corrected chi connectivity index (χ4v) is 4.02. The lowest BCUT2D eigenvalue weighted by atomic mass is 10.00. The van der Waals surface area contributed by atoms with Crippen LogP contribution in [0.4, 0.5) is 10.1 Å². The average Bonchev–Trinajstić information content (AvgIpc) is 3.23. The van der Waals surface area contributed by atoms with Crippen LogP contribution in [0.15, 0.2) is 47.1 Å². The number of amides is 1. The van der Waals surface area contributed by atoms with Crippen LogP contribution in [0.25, 0.3) is 11.5 Å². The average molecular weight is 339 g/mol.